The number of nitrogens with two attached hydrogens (primary N) is 1. The number of nitrogens with zero attached hydrogens (tertiary/aromatic N) is 1. The second-order valence-corrected chi connectivity index (χ2v) is 9.28. The fourth-order valence-electron chi connectivity index (χ4n) is 6.37. The van der Waals surface area contributed by atoms with E-state index >= 15 is 4.39 Å². The first-order valence-electron chi connectivity index (χ1n) is 10.2. The van der Waals surface area contributed by atoms with Gasteiger partial charge in [0.1, 0.15) is 5.83 Å². The third-order valence-corrected chi connectivity index (χ3v) is 7.82. The fraction of sp³-hybridized carbons (Fsp3) is 0.700. The second-order valence-electron chi connectivity index (χ2n) is 9.28. The zero-order valence-corrected chi connectivity index (χ0v) is 16.4. The number of fused-ring (bicyclic) bond motifs is 2. The maximum absolute atomic E-state index is 16.1. The van der Waals surface area contributed by atoms with Gasteiger partial charge in [0.2, 0.25) is 0 Å². The summed E-state index contributed by atoms with van der Waals surface area (Å²) in [4.78, 5) is 31.2. The van der Waals surface area contributed by atoms with Crippen molar-refractivity contribution in [2.45, 2.75) is 56.5 Å². The number of nitrogens with one attached hydrogen (secondary N) is 2. The normalized spacial score (nSPS) is 39.0. The van der Waals surface area contributed by atoms with E-state index in [0.29, 0.717) is 18.8 Å². The molecule has 4 aliphatic rings. The van der Waals surface area contributed by atoms with Crippen molar-refractivity contribution in [2.24, 2.45) is 23.5 Å². The molecule has 1 aromatic heterocycles. The molecule has 1 aromatic rings. The summed E-state index contributed by atoms with van der Waals surface area (Å²) in [5.41, 5.74) is 4.42. The molecular weight excluding hydrogens is 385 g/mol. The Morgan fingerprint density at radius 2 is 1.86 bits per heavy atom. The number of hydrogen-bond donors (Lipinski definition) is 3. The minimum absolute atomic E-state index is 0.0129. The monoisotopic (exact) mass is 410 g/mol. The molecule has 0 aromatic carbocycles. The van der Waals surface area contributed by atoms with Gasteiger partial charge >= 0.3 is 5.69 Å². The molecule has 6 nitrogen and oxygen atoms in total. The van der Waals surface area contributed by atoms with Gasteiger partial charge in [0.15, 0.2) is 0 Å². The van der Waals surface area contributed by atoms with Crippen molar-refractivity contribution in [1.82, 2.24) is 14.9 Å². The summed E-state index contributed by atoms with van der Waals surface area (Å²) in [6.07, 6.45) is 1.37. The van der Waals surface area contributed by atoms with E-state index in [1.54, 1.807) is 6.92 Å². The van der Waals surface area contributed by atoms with Gasteiger partial charge in [-0.05, 0) is 43.1 Å². The van der Waals surface area contributed by atoms with Crippen molar-refractivity contribution in [3.05, 3.63) is 37.9 Å². The van der Waals surface area contributed by atoms with E-state index in [0.717, 1.165) is 12.8 Å². The van der Waals surface area contributed by atoms with Crippen LogP contribution in [0.1, 0.15) is 50.3 Å². The number of aromatic nitrogens is 2. The van der Waals surface area contributed by atoms with E-state index in [4.69, 9.17) is 5.73 Å². The zero-order chi connectivity index (χ0) is 20.9. The predicted molar refractivity (Wildman–Crippen MR) is 101 cm³/mol. The average Bonchev–Trinajstić information content (AvgIpc) is 3.36. The SMILES string of the molecule is CC1=C(F)C(C2CC2)(N2CC3CC(F)(F)C(N)C3C2)C(C)c2[nH]c(=O)[nH]c(=O)c21. The Morgan fingerprint density at radius 3 is 2.48 bits per heavy atom. The highest BCUT2D eigenvalue weighted by atomic mass is 19.3. The van der Waals surface area contributed by atoms with Crippen LogP contribution in [0.5, 0.6) is 0 Å². The Labute approximate surface area is 165 Å². The van der Waals surface area contributed by atoms with Crippen LogP contribution in [0.25, 0.3) is 5.57 Å². The summed E-state index contributed by atoms with van der Waals surface area (Å²) in [6, 6.07) is -1.23. The average molecular weight is 410 g/mol. The number of aromatic amines is 2. The minimum Gasteiger partial charge on any atom is -0.322 e. The summed E-state index contributed by atoms with van der Waals surface area (Å²) in [7, 11) is 0. The smallest absolute Gasteiger partial charge is 0.322 e. The van der Waals surface area contributed by atoms with E-state index in [-0.39, 0.29) is 41.1 Å². The molecule has 0 bridgehead atoms. The van der Waals surface area contributed by atoms with Crippen LogP contribution in [-0.4, -0.2) is 45.5 Å². The molecule has 5 unspecified atom stereocenters. The highest BCUT2D eigenvalue weighted by Crippen LogP contribution is 2.60. The van der Waals surface area contributed by atoms with Gasteiger partial charge in [-0.1, -0.05) is 6.92 Å². The quantitative estimate of drug-likeness (QED) is 0.695. The molecule has 29 heavy (non-hydrogen) atoms. The highest BCUT2D eigenvalue weighted by molar-refractivity contribution is 5.72. The molecule has 3 fully saturated rings. The van der Waals surface area contributed by atoms with Crippen molar-refractivity contribution in [2.75, 3.05) is 13.1 Å². The summed E-state index contributed by atoms with van der Waals surface area (Å²) in [5, 5.41) is 0. The van der Waals surface area contributed by atoms with Crippen LogP contribution in [-0.2, 0) is 0 Å². The Bertz CT molecular complexity index is 1030. The molecule has 5 atom stereocenters. The highest BCUT2D eigenvalue weighted by Gasteiger charge is 2.64. The molecule has 158 valence electrons. The van der Waals surface area contributed by atoms with Gasteiger partial charge in [0.05, 0.1) is 17.1 Å². The lowest BCUT2D eigenvalue weighted by molar-refractivity contribution is -0.0263. The minimum atomic E-state index is -2.89. The number of halogens is 3. The first-order chi connectivity index (χ1) is 13.6. The largest absolute Gasteiger partial charge is 0.325 e. The van der Waals surface area contributed by atoms with E-state index in [9.17, 15) is 18.4 Å². The Morgan fingerprint density at radius 1 is 1.17 bits per heavy atom. The number of hydrogen-bond acceptors (Lipinski definition) is 4. The van der Waals surface area contributed by atoms with Crippen LogP contribution >= 0.6 is 0 Å². The third-order valence-electron chi connectivity index (χ3n) is 7.82. The van der Waals surface area contributed by atoms with Gasteiger partial charge in [0, 0.05) is 31.1 Å². The molecule has 1 saturated heterocycles. The first kappa shape index (κ1) is 19.1. The van der Waals surface area contributed by atoms with E-state index in [1.807, 2.05) is 11.8 Å². The lowest BCUT2D eigenvalue weighted by atomic mass is 9.69. The van der Waals surface area contributed by atoms with Gasteiger partial charge < -0.3 is 10.7 Å². The predicted octanol–water partition coefficient (Wildman–Crippen LogP) is 1.94. The third kappa shape index (κ3) is 2.37. The van der Waals surface area contributed by atoms with Crippen molar-refractivity contribution in [3.63, 3.8) is 0 Å². The van der Waals surface area contributed by atoms with E-state index in [2.05, 4.69) is 9.97 Å². The van der Waals surface area contributed by atoms with Gasteiger partial charge in [-0.3, -0.25) is 14.7 Å². The summed E-state index contributed by atoms with van der Waals surface area (Å²) < 4.78 is 44.3. The zero-order valence-electron chi connectivity index (χ0n) is 16.4. The molecule has 3 aliphatic carbocycles. The van der Waals surface area contributed by atoms with E-state index in [1.165, 1.54) is 0 Å². The lowest BCUT2D eigenvalue weighted by Gasteiger charge is -2.49. The maximum Gasteiger partial charge on any atom is 0.325 e. The van der Waals surface area contributed by atoms with Crippen LogP contribution in [0.4, 0.5) is 13.2 Å². The lowest BCUT2D eigenvalue weighted by Crippen LogP contribution is -2.57. The standard InChI is InChI=1S/C20H25F3N4O2/c1-8-13-14(25-18(29)26-17(13)28)9(2)20(15(8)21,11-3-4-11)27-6-10-5-19(22,23)16(24)12(10)7-27/h9-12,16H,3-7,24H2,1-2H3,(H2,25,26,28,29). The molecule has 9 heteroatoms. The van der Waals surface area contributed by atoms with Crippen LogP contribution in [0.3, 0.4) is 0 Å². The molecule has 4 N–H and O–H groups in total. The van der Waals surface area contributed by atoms with Gasteiger partial charge in [-0.2, -0.15) is 0 Å². The molecule has 1 aliphatic heterocycles. The number of rotatable bonds is 2. The van der Waals surface area contributed by atoms with Crippen LogP contribution in [0.15, 0.2) is 15.4 Å². The number of alkyl halides is 2. The molecule has 5 rings (SSSR count). The molecule has 0 radical (unpaired) electrons. The molecule has 2 saturated carbocycles. The first-order valence-corrected chi connectivity index (χ1v) is 10.2. The Balaban J connectivity index is 1.64. The van der Waals surface area contributed by atoms with Crippen molar-refractivity contribution in [3.8, 4) is 0 Å². The number of allylic oxidation sites excluding steroid dienone is 1. The molecule has 0 spiro atoms. The maximum atomic E-state index is 16.1. The number of likely N-dealkylation sites (tertiary alicyclic amines) is 1. The van der Waals surface area contributed by atoms with Crippen molar-refractivity contribution >= 4 is 5.57 Å². The van der Waals surface area contributed by atoms with Crippen LogP contribution < -0.4 is 17.0 Å². The molecule has 2 heterocycles. The Hall–Kier alpha value is -1.87. The van der Waals surface area contributed by atoms with Crippen LogP contribution in [0, 0.1) is 17.8 Å². The summed E-state index contributed by atoms with van der Waals surface area (Å²) >= 11 is 0. The summed E-state index contributed by atoms with van der Waals surface area (Å²) in [5.74, 6) is -4.41. The van der Waals surface area contributed by atoms with E-state index < -0.39 is 34.7 Å². The topological polar surface area (TPSA) is 95.0 Å². The van der Waals surface area contributed by atoms with Crippen molar-refractivity contribution in [1.29, 1.82) is 0 Å². The molecule has 0 amide bonds. The van der Waals surface area contributed by atoms with Crippen LogP contribution in [0.2, 0.25) is 0 Å². The van der Waals surface area contributed by atoms with Gasteiger partial charge in [-0.25, -0.2) is 18.0 Å². The van der Waals surface area contributed by atoms with Crippen molar-refractivity contribution < 1.29 is 13.2 Å². The Kier molecular flexibility index (Phi) is 3.85. The fourth-order valence-corrected chi connectivity index (χ4v) is 6.37. The molecular formula is C20H25F3N4O2. The summed E-state index contributed by atoms with van der Waals surface area (Å²) in [6.45, 7) is 4.02. The number of H-pyrrole nitrogens is 2. The van der Waals surface area contributed by atoms with Gasteiger partial charge in [0.25, 0.3) is 11.5 Å². The van der Waals surface area contributed by atoms with Gasteiger partial charge in [-0.15, -0.1) is 0 Å². The second kappa shape index (κ2) is 5.85.